The van der Waals surface area contributed by atoms with Gasteiger partial charge in [-0.15, -0.1) is 0 Å². The van der Waals surface area contributed by atoms with Crippen molar-refractivity contribution in [1.82, 2.24) is 19.6 Å². The minimum absolute atomic E-state index is 0.0156. The van der Waals surface area contributed by atoms with Gasteiger partial charge >= 0.3 is 18.1 Å². The van der Waals surface area contributed by atoms with E-state index in [1.807, 2.05) is 29.2 Å². The number of halogens is 2. The summed E-state index contributed by atoms with van der Waals surface area (Å²) < 4.78 is 12.0. The summed E-state index contributed by atoms with van der Waals surface area (Å²) in [5, 5.41) is 13.3. The average molecular weight is 806 g/mol. The van der Waals surface area contributed by atoms with E-state index in [9.17, 15) is 24.3 Å². The molecule has 6 rings (SSSR count). The Morgan fingerprint density at radius 1 is 0.918 bits per heavy atom. The number of benzene rings is 2. The van der Waals surface area contributed by atoms with Gasteiger partial charge in [0.1, 0.15) is 11.8 Å². The van der Waals surface area contributed by atoms with Crippen molar-refractivity contribution in [2.75, 3.05) is 51.7 Å². The van der Waals surface area contributed by atoms with Crippen molar-refractivity contribution >= 4 is 61.5 Å². The van der Waals surface area contributed by atoms with Gasteiger partial charge in [-0.3, -0.25) is 14.5 Å². The number of para-hydroxylation sites is 1. The van der Waals surface area contributed by atoms with E-state index < -0.39 is 12.2 Å². The van der Waals surface area contributed by atoms with Crippen LogP contribution in [0.4, 0.5) is 15.3 Å². The Hall–Kier alpha value is -3.36. The number of carbonyl (C=O) groups is 4. The minimum atomic E-state index is -1.07. The molecule has 2 aromatic rings. The number of fused-ring (bicyclic) bond motifs is 1. The van der Waals surface area contributed by atoms with Gasteiger partial charge in [-0.25, -0.2) is 9.59 Å². The summed E-state index contributed by atoms with van der Waals surface area (Å²) in [4.78, 5) is 60.5. The zero-order valence-corrected chi connectivity index (χ0v) is 30.8. The molecule has 0 spiro atoms. The molecule has 3 saturated heterocycles. The molecular weight excluding hydrogens is 762 g/mol. The molecule has 4 amide bonds. The molecule has 0 bridgehead atoms. The SMILES string of the molecule is COC(=O)C1CCCN1C1CCN(C(=O)[C@@H](Cc2cc(Br)c(O)c(Br)c2)OC(=O)N2CCC(N3CCc4ccccc4NC3=O)CC2)CC1. The monoisotopic (exact) mass is 803 g/mol. The molecule has 4 aliphatic heterocycles. The number of esters is 1. The normalized spacial score (nSPS) is 21.5. The van der Waals surface area contributed by atoms with Gasteiger partial charge in [-0.2, -0.15) is 0 Å². The van der Waals surface area contributed by atoms with Crippen LogP contribution in [0, 0.1) is 0 Å². The Bertz CT molecular complexity index is 1540. The number of aromatic hydroxyl groups is 1. The third kappa shape index (κ3) is 8.01. The van der Waals surface area contributed by atoms with Crippen LogP contribution >= 0.6 is 31.9 Å². The van der Waals surface area contributed by atoms with Crippen LogP contribution in [-0.2, 0) is 31.9 Å². The molecule has 4 aliphatic rings. The van der Waals surface area contributed by atoms with Crippen molar-refractivity contribution in [2.24, 2.45) is 0 Å². The lowest BCUT2D eigenvalue weighted by Crippen LogP contribution is -2.53. The largest absolute Gasteiger partial charge is 0.506 e. The van der Waals surface area contributed by atoms with Crippen LogP contribution in [0.3, 0.4) is 0 Å². The third-order valence-electron chi connectivity index (χ3n) is 10.3. The molecule has 0 saturated carbocycles. The summed E-state index contributed by atoms with van der Waals surface area (Å²) in [6.07, 6.45) is 3.58. The molecule has 0 aliphatic carbocycles. The summed E-state index contributed by atoms with van der Waals surface area (Å²) in [6, 6.07) is 11.0. The summed E-state index contributed by atoms with van der Waals surface area (Å²) in [7, 11) is 1.42. The quantitative estimate of drug-likeness (QED) is 0.368. The number of phenols is 1. The molecule has 14 heteroatoms. The summed E-state index contributed by atoms with van der Waals surface area (Å²) in [5.74, 6) is -0.435. The maximum Gasteiger partial charge on any atom is 0.410 e. The molecule has 2 atom stereocenters. The predicted molar refractivity (Wildman–Crippen MR) is 189 cm³/mol. The number of hydrogen-bond donors (Lipinski definition) is 2. The molecule has 0 radical (unpaired) electrons. The molecule has 2 N–H and O–H groups in total. The highest BCUT2D eigenvalue weighted by atomic mass is 79.9. The maximum absolute atomic E-state index is 14.0. The van der Waals surface area contributed by atoms with Crippen LogP contribution in [0.15, 0.2) is 45.3 Å². The van der Waals surface area contributed by atoms with Crippen LogP contribution in [0.2, 0.25) is 0 Å². The Kier molecular flexibility index (Phi) is 11.3. The van der Waals surface area contributed by atoms with Gasteiger partial charge in [0.15, 0.2) is 6.10 Å². The number of phenolic OH excluding ortho intramolecular Hbond substituents is 1. The van der Waals surface area contributed by atoms with E-state index in [0.29, 0.717) is 72.9 Å². The lowest BCUT2D eigenvalue weighted by molar-refractivity contribution is -0.148. The van der Waals surface area contributed by atoms with Gasteiger partial charge in [-0.1, -0.05) is 18.2 Å². The zero-order valence-electron chi connectivity index (χ0n) is 27.6. The first-order chi connectivity index (χ1) is 23.6. The fraction of sp³-hybridized carbons (Fsp3) is 0.543. The smallest absolute Gasteiger partial charge is 0.410 e. The fourth-order valence-corrected chi connectivity index (χ4v) is 8.94. The van der Waals surface area contributed by atoms with E-state index in [4.69, 9.17) is 9.47 Å². The number of amides is 4. The van der Waals surface area contributed by atoms with Gasteiger partial charge in [-0.05, 0) is 113 Å². The van der Waals surface area contributed by atoms with Gasteiger partial charge < -0.3 is 34.6 Å². The first kappa shape index (κ1) is 35.5. The lowest BCUT2D eigenvalue weighted by atomic mass is 10.00. The second-order valence-corrected chi connectivity index (χ2v) is 14.9. The Balaban J connectivity index is 1.09. The van der Waals surface area contributed by atoms with E-state index in [0.717, 1.165) is 37.1 Å². The number of piperidine rings is 2. The highest BCUT2D eigenvalue weighted by Crippen LogP contribution is 2.34. The van der Waals surface area contributed by atoms with Crippen LogP contribution in [0.25, 0.3) is 0 Å². The Labute approximate surface area is 303 Å². The van der Waals surface area contributed by atoms with Crippen molar-refractivity contribution in [3.05, 3.63) is 56.5 Å². The predicted octanol–water partition coefficient (Wildman–Crippen LogP) is 5.15. The van der Waals surface area contributed by atoms with Crippen LogP contribution in [0.1, 0.15) is 49.7 Å². The van der Waals surface area contributed by atoms with Crippen molar-refractivity contribution in [3.8, 4) is 5.75 Å². The Morgan fingerprint density at radius 3 is 2.27 bits per heavy atom. The highest BCUT2D eigenvalue weighted by Gasteiger charge is 2.40. The maximum atomic E-state index is 14.0. The number of methoxy groups -OCH3 is 1. The molecular formula is C35H43Br2N5O7. The topological polar surface area (TPSA) is 132 Å². The van der Waals surface area contributed by atoms with E-state index in [-0.39, 0.29) is 48.2 Å². The molecule has 1 unspecified atom stereocenters. The van der Waals surface area contributed by atoms with Gasteiger partial charge in [0.05, 0.1) is 16.1 Å². The fourth-order valence-electron chi connectivity index (χ4n) is 7.66. The van der Waals surface area contributed by atoms with Crippen LogP contribution < -0.4 is 5.32 Å². The molecule has 3 fully saturated rings. The second-order valence-electron chi connectivity index (χ2n) is 13.2. The molecule has 2 aromatic carbocycles. The molecule has 264 valence electrons. The van der Waals surface area contributed by atoms with Crippen LogP contribution in [0.5, 0.6) is 5.75 Å². The van der Waals surface area contributed by atoms with Gasteiger partial charge in [0.25, 0.3) is 5.91 Å². The zero-order chi connectivity index (χ0) is 34.7. The van der Waals surface area contributed by atoms with E-state index >= 15 is 0 Å². The Morgan fingerprint density at radius 2 is 1.57 bits per heavy atom. The van der Waals surface area contributed by atoms with E-state index in [2.05, 4.69) is 42.1 Å². The molecule has 49 heavy (non-hydrogen) atoms. The number of likely N-dealkylation sites (tertiary alicyclic amines) is 3. The second kappa shape index (κ2) is 15.7. The van der Waals surface area contributed by atoms with E-state index in [1.54, 1.807) is 21.9 Å². The first-order valence-corrected chi connectivity index (χ1v) is 18.6. The first-order valence-electron chi connectivity index (χ1n) is 17.0. The van der Waals surface area contributed by atoms with Gasteiger partial charge in [0.2, 0.25) is 0 Å². The lowest BCUT2D eigenvalue weighted by Gasteiger charge is -2.40. The third-order valence-corrected chi connectivity index (χ3v) is 11.5. The number of rotatable bonds is 7. The minimum Gasteiger partial charge on any atom is -0.506 e. The standard InChI is InChI=1S/C35H43Br2N5O7/c1-48-33(45)29-7-4-13-41(29)24-9-14-39(15-10-24)32(44)30(21-22-19-26(36)31(43)27(37)20-22)49-35(47)40-16-11-25(12-17-40)42-18-8-23-5-2-3-6-28(23)38-34(42)46/h2-3,5-6,19-20,24-25,29-30,43H,4,7-18,21H2,1H3,(H,38,46)/t29?,30-/m1/s1. The van der Waals surface area contributed by atoms with Crippen molar-refractivity contribution in [1.29, 1.82) is 0 Å². The number of ether oxygens (including phenoxy) is 2. The summed E-state index contributed by atoms with van der Waals surface area (Å²) in [6.45, 7) is 3.20. The number of nitrogens with zero attached hydrogens (tertiary/aromatic N) is 4. The average Bonchev–Trinajstić information content (AvgIpc) is 3.54. The number of carbonyl (C=O) groups excluding carboxylic acids is 4. The van der Waals surface area contributed by atoms with Crippen molar-refractivity contribution < 1.29 is 33.8 Å². The number of anilines is 1. The number of nitrogens with one attached hydrogen (secondary N) is 1. The molecule has 4 heterocycles. The molecule has 12 nitrogen and oxygen atoms in total. The summed E-state index contributed by atoms with van der Waals surface area (Å²) >= 11 is 6.73. The van der Waals surface area contributed by atoms with Gasteiger partial charge in [0, 0.05) is 56.9 Å². The van der Waals surface area contributed by atoms with E-state index in [1.165, 1.54) is 7.11 Å². The highest BCUT2D eigenvalue weighted by molar-refractivity contribution is 9.11. The van der Waals surface area contributed by atoms with Crippen LogP contribution in [-0.4, -0.2) is 119 Å². The number of hydrogen-bond acceptors (Lipinski definition) is 8. The summed E-state index contributed by atoms with van der Waals surface area (Å²) in [5.41, 5.74) is 2.65. The van der Waals surface area contributed by atoms with Crippen molar-refractivity contribution in [3.63, 3.8) is 0 Å². The van der Waals surface area contributed by atoms with Crippen molar-refractivity contribution in [2.45, 2.75) is 75.6 Å². The number of urea groups is 1. The molecule has 0 aromatic heterocycles.